The van der Waals surface area contributed by atoms with Gasteiger partial charge >= 0.3 is 24.2 Å². The monoisotopic (exact) mass is 448 g/mol. The molecule has 30 heavy (non-hydrogen) atoms. The van der Waals surface area contributed by atoms with E-state index in [0.717, 1.165) is 6.92 Å². The minimum atomic E-state index is -6.52. The molecule has 2 nitrogen and oxygen atoms in total. The molecule has 0 fully saturated rings. The van der Waals surface area contributed by atoms with Crippen LogP contribution in [0.15, 0.2) is 30.5 Å². The lowest BCUT2D eigenvalue weighted by Gasteiger charge is -2.31. The Bertz CT molecular complexity index is 899. The van der Waals surface area contributed by atoms with Crippen LogP contribution in [-0.4, -0.2) is 24.4 Å². The van der Waals surface area contributed by atoms with Gasteiger partial charge in [-0.05, 0) is 48.2 Å². The Morgan fingerprint density at radius 1 is 0.867 bits per heavy atom. The van der Waals surface area contributed by atoms with Crippen molar-refractivity contribution in [3.05, 3.63) is 58.3 Å². The first-order valence-electron chi connectivity index (χ1n) is 8.18. The summed E-state index contributed by atoms with van der Waals surface area (Å²) < 4.78 is 133. The molecule has 0 unspecified atom stereocenters. The molecule has 0 saturated carbocycles. The highest BCUT2D eigenvalue weighted by Gasteiger charge is 2.73. The van der Waals surface area contributed by atoms with Crippen molar-refractivity contribution < 1.29 is 43.9 Å². The Morgan fingerprint density at radius 2 is 1.43 bits per heavy atom. The highest BCUT2D eigenvalue weighted by Crippen LogP contribution is 2.54. The molecule has 2 rings (SSSR count). The largest absolute Gasteiger partial charge is 0.435 e. The van der Waals surface area contributed by atoms with Crippen molar-refractivity contribution in [2.75, 3.05) is 12.4 Å². The van der Waals surface area contributed by atoms with Gasteiger partial charge in [0, 0.05) is 18.8 Å². The van der Waals surface area contributed by atoms with Crippen molar-refractivity contribution in [2.45, 2.75) is 37.5 Å². The van der Waals surface area contributed by atoms with Gasteiger partial charge in [0.2, 0.25) is 0 Å². The van der Waals surface area contributed by atoms with Gasteiger partial charge in [-0.25, -0.2) is 9.37 Å². The van der Waals surface area contributed by atoms with Crippen molar-refractivity contribution in [1.29, 1.82) is 0 Å². The Kier molecular flexibility index (Phi) is 6.03. The van der Waals surface area contributed by atoms with Crippen molar-refractivity contribution in [1.82, 2.24) is 4.98 Å². The number of benzene rings is 1. The smallest absolute Gasteiger partial charge is 0.373 e. The molecular weight excluding hydrogens is 434 g/mol. The first kappa shape index (κ1) is 23.7. The quantitative estimate of drug-likeness (QED) is 0.553. The molecule has 0 amide bonds. The fourth-order valence-electron chi connectivity index (χ4n) is 2.92. The van der Waals surface area contributed by atoms with Crippen molar-refractivity contribution in [3.63, 3.8) is 0 Å². The number of anilines is 1. The molecule has 0 saturated heterocycles. The van der Waals surface area contributed by atoms with Gasteiger partial charge in [-0.15, -0.1) is 0 Å². The van der Waals surface area contributed by atoms with Gasteiger partial charge in [0.15, 0.2) is 0 Å². The van der Waals surface area contributed by atoms with Crippen molar-refractivity contribution >= 4 is 5.82 Å². The summed E-state index contributed by atoms with van der Waals surface area (Å²) in [5.74, 6) is 0.284. The lowest BCUT2D eigenvalue weighted by molar-refractivity contribution is -0.348. The summed E-state index contributed by atoms with van der Waals surface area (Å²) in [6.07, 6.45) is -17.6. The molecule has 0 spiro atoms. The molecule has 0 aliphatic heterocycles. The Balaban J connectivity index is 2.74. The van der Waals surface area contributed by atoms with Crippen LogP contribution >= 0.6 is 0 Å². The minimum Gasteiger partial charge on any atom is -0.373 e. The summed E-state index contributed by atoms with van der Waals surface area (Å²) in [6.45, 7) is 0.890. The Morgan fingerprint density at radius 3 is 1.90 bits per heavy atom. The highest BCUT2D eigenvalue weighted by molar-refractivity contribution is 5.47. The zero-order valence-corrected chi connectivity index (χ0v) is 15.3. The fourth-order valence-corrected chi connectivity index (χ4v) is 2.92. The summed E-state index contributed by atoms with van der Waals surface area (Å²) in [5.41, 5.74) is -10.8. The first-order chi connectivity index (χ1) is 13.5. The third-order valence-electron chi connectivity index (χ3n) is 4.42. The standard InChI is InChI=1S/C18H14F10N2/c1-9-5-11(15(19,17(23,24)25)18(26,27)28)8-13(16(20,21)22)12(9)6-10-3-4-30-14(7-10)29-2/h3-5,7-8H,6H2,1-2H3,(H,29,30). The van der Waals surface area contributed by atoms with Gasteiger partial charge in [-0.1, -0.05) is 6.07 Å². The fraction of sp³-hybridized carbons (Fsp3) is 0.389. The third-order valence-corrected chi connectivity index (χ3v) is 4.42. The molecule has 0 bridgehead atoms. The Hall–Kier alpha value is -2.53. The van der Waals surface area contributed by atoms with Crippen LogP contribution in [0.3, 0.4) is 0 Å². The normalized spacial score (nSPS) is 13.5. The molecule has 1 heterocycles. The van der Waals surface area contributed by atoms with Crippen LogP contribution in [0, 0.1) is 6.92 Å². The number of nitrogens with zero attached hydrogens (tertiary/aromatic N) is 1. The van der Waals surface area contributed by atoms with E-state index >= 15 is 0 Å². The SMILES string of the molecule is CNc1cc(Cc2c(C)cc(C(F)(C(F)(F)F)C(F)(F)F)cc2C(F)(F)F)ccn1. The highest BCUT2D eigenvalue weighted by atomic mass is 19.4. The molecule has 2 aromatic rings. The van der Waals surface area contributed by atoms with Crippen LogP contribution in [-0.2, 0) is 18.3 Å². The number of pyridine rings is 1. The molecule has 0 aliphatic rings. The number of hydrogen-bond acceptors (Lipinski definition) is 2. The van der Waals surface area contributed by atoms with E-state index in [1.807, 2.05) is 0 Å². The maximum absolute atomic E-state index is 14.3. The van der Waals surface area contributed by atoms with Gasteiger partial charge in [0.25, 0.3) is 0 Å². The van der Waals surface area contributed by atoms with E-state index in [9.17, 15) is 43.9 Å². The van der Waals surface area contributed by atoms with Crippen LogP contribution in [0.2, 0.25) is 0 Å². The number of halogens is 10. The number of rotatable bonds is 4. The summed E-state index contributed by atoms with van der Waals surface area (Å²) in [7, 11) is 1.49. The predicted molar refractivity (Wildman–Crippen MR) is 87.7 cm³/mol. The lowest BCUT2D eigenvalue weighted by atomic mass is 9.86. The third kappa shape index (κ3) is 4.31. The van der Waals surface area contributed by atoms with Crippen molar-refractivity contribution in [3.8, 4) is 0 Å². The van der Waals surface area contributed by atoms with E-state index in [2.05, 4.69) is 10.3 Å². The topological polar surface area (TPSA) is 24.9 Å². The minimum absolute atomic E-state index is 0.145. The van der Waals surface area contributed by atoms with E-state index in [1.54, 1.807) is 0 Å². The molecule has 0 atom stereocenters. The number of hydrogen-bond donors (Lipinski definition) is 1. The second-order valence-corrected chi connectivity index (χ2v) is 6.45. The van der Waals surface area contributed by atoms with Crippen molar-refractivity contribution in [2.24, 2.45) is 0 Å². The number of aryl methyl sites for hydroxylation is 1. The number of aromatic nitrogens is 1. The van der Waals surface area contributed by atoms with Crippen LogP contribution in [0.25, 0.3) is 0 Å². The van der Waals surface area contributed by atoms with Crippen LogP contribution in [0.1, 0.15) is 27.8 Å². The van der Waals surface area contributed by atoms with E-state index in [1.165, 1.54) is 25.4 Å². The number of alkyl halides is 10. The zero-order valence-electron chi connectivity index (χ0n) is 15.3. The maximum atomic E-state index is 14.3. The molecule has 0 aliphatic carbocycles. The summed E-state index contributed by atoms with van der Waals surface area (Å²) in [5, 5.41) is 2.64. The maximum Gasteiger partial charge on any atom is 0.435 e. The van der Waals surface area contributed by atoms with Gasteiger partial charge in [-0.2, -0.15) is 39.5 Å². The van der Waals surface area contributed by atoms with E-state index in [0.29, 0.717) is 0 Å². The zero-order chi connectivity index (χ0) is 23.1. The number of nitrogens with one attached hydrogen (secondary N) is 1. The molecule has 1 aromatic heterocycles. The van der Waals surface area contributed by atoms with Gasteiger partial charge in [-0.3, -0.25) is 0 Å². The van der Waals surface area contributed by atoms with E-state index in [-0.39, 0.29) is 17.4 Å². The van der Waals surface area contributed by atoms with Gasteiger partial charge in [0.05, 0.1) is 5.56 Å². The molecule has 0 radical (unpaired) electrons. The molecule has 12 heteroatoms. The second kappa shape index (κ2) is 7.62. The first-order valence-corrected chi connectivity index (χ1v) is 8.18. The molecular formula is C18H14F10N2. The van der Waals surface area contributed by atoms with Crippen LogP contribution in [0.4, 0.5) is 49.7 Å². The van der Waals surface area contributed by atoms with Crippen LogP contribution < -0.4 is 5.32 Å². The van der Waals surface area contributed by atoms with E-state index in [4.69, 9.17) is 0 Å². The Labute approximate surface area is 163 Å². The summed E-state index contributed by atoms with van der Waals surface area (Å²) >= 11 is 0. The average Bonchev–Trinajstić information content (AvgIpc) is 2.59. The van der Waals surface area contributed by atoms with Gasteiger partial charge < -0.3 is 5.32 Å². The molecule has 166 valence electrons. The van der Waals surface area contributed by atoms with E-state index < -0.39 is 58.9 Å². The lowest BCUT2D eigenvalue weighted by Crippen LogP contribution is -2.50. The summed E-state index contributed by atoms with van der Waals surface area (Å²) in [4.78, 5) is 3.86. The predicted octanol–water partition coefficient (Wildman–Crippen LogP) is 6.33. The molecule has 1 N–H and O–H groups in total. The van der Waals surface area contributed by atoms with Gasteiger partial charge in [0.1, 0.15) is 5.82 Å². The average molecular weight is 448 g/mol. The second-order valence-electron chi connectivity index (χ2n) is 6.45. The summed E-state index contributed by atoms with van der Waals surface area (Å²) in [6, 6.07) is 2.41. The van der Waals surface area contributed by atoms with Crippen LogP contribution in [0.5, 0.6) is 0 Å². The molecule has 1 aromatic carbocycles.